The van der Waals surface area contributed by atoms with E-state index in [1.807, 2.05) is 72.8 Å². The van der Waals surface area contributed by atoms with Gasteiger partial charge < -0.3 is 10.1 Å². The van der Waals surface area contributed by atoms with Gasteiger partial charge in [-0.1, -0.05) is 91.9 Å². The van der Waals surface area contributed by atoms with Gasteiger partial charge in [-0.05, 0) is 66.8 Å². The highest BCUT2D eigenvalue weighted by Crippen LogP contribution is 2.26. The number of hydrogen-bond acceptors (Lipinski definition) is 4. The highest BCUT2D eigenvalue weighted by atomic mass is 16.5. The lowest BCUT2D eigenvalue weighted by atomic mass is 9.98. The molecule has 0 saturated carbocycles. The number of nitrogens with zero attached hydrogens (tertiary/aromatic N) is 2. The second-order valence-electron chi connectivity index (χ2n) is 9.77. The molecule has 4 aromatic carbocycles. The lowest BCUT2D eigenvalue weighted by molar-refractivity contribution is 0.0518. The molecule has 206 valence electrons. The topological polar surface area (TPSA) is 73.2 Å². The summed E-state index contributed by atoms with van der Waals surface area (Å²) in [6, 6.07) is 37.2. The summed E-state index contributed by atoms with van der Waals surface area (Å²) in [6.07, 6.45) is 1.62. The Labute approximate surface area is 240 Å². The average Bonchev–Trinajstić information content (AvgIpc) is 3.48. The molecule has 1 heterocycles. The molecule has 0 spiro atoms. The molecule has 0 aliphatic heterocycles. The van der Waals surface area contributed by atoms with Crippen molar-refractivity contribution in [2.75, 3.05) is 6.61 Å². The first kappa shape index (κ1) is 27.6. The molecule has 5 aromatic rings. The van der Waals surface area contributed by atoms with E-state index in [0.717, 1.165) is 34.5 Å². The van der Waals surface area contributed by atoms with Crippen LogP contribution in [0.5, 0.6) is 0 Å². The van der Waals surface area contributed by atoms with Crippen LogP contribution in [-0.2, 0) is 17.6 Å². The number of carbonyl (C=O) groups is 2. The summed E-state index contributed by atoms with van der Waals surface area (Å²) in [4.78, 5) is 25.9. The minimum Gasteiger partial charge on any atom is -0.461 e. The van der Waals surface area contributed by atoms with Crippen LogP contribution in [0.4, 0.5) is 0 Å². The molecule has 6 nitrogen and oxygen atoms in total. The largest absolute Gasteiger partial charge is 0.461 e. The van der Waals surface area contributed by atoms with Gasteiger partial charge in [0, 0.05) is 11.1 Å². The maximum absolute atomic E-state index is 13.4. The first-order valence-electron chi connectivity index (χ1n) is 13.9. The summed E-state index contributed by atoms with van der Waals surface area (Å²) in [7, 11) is 0. The highest BCUT2D eigenvalue weighted by molar-refractivity contribution is 5.94. The van der Waals surface area contributed by atoms with E-state index in [9.17, 15) is 9.59 Å². The monoisotopic (exact) mass is 543 g/mol. The van der Waals surface area contributed by atoms with Crippen molar-refractivity contribution < 1.29 is 14.3 Å². The van der Waals surface area contributed by atoms with E-state index in [0.29, 0.717) is 12.0 Å². The predicted molar refractivity (Wildman–Crippen MR) is 161 cm³/mol. The Morgan fingerprint density at radius 2 is 1.46 bits per heavy atom. The molecule has 0 aliphatic carbocycles. The normalized spacial score (nSPS) is 11.6. The van der Waals surface area contributed by atoms with Gasteiger partial charge >= 0.3 is 5.97 Å². The number of rotatable bonds is 10. The van der Waals surface area contributed by atoms with E-state index in [-0.39, 0.29) is 24.2 Å². The number of carbonyl (C=O) groups excluding carboxylic acids is 2. The Morgan fingerprint density at radius 3 is 2.10 bits per heavy atom. The van der Waals surface area contributed by atoms with Crippen molar-refractivity contribution in [2.24, 2.45) is 0 Å². The van der Waals surface area contributed by atoms with E-state index in [2.05, 4.69) is 41.6 Å². The fraction of sp³-hybridized carbons (Fsp3) is 0.171. The fourth-order valence-corrected chi connectivity index (χ4v) is 4.78. The molecule has 41 heavy (non-hydrogen) atoms. The van der Waals surface area contributed by atoms with Gasteiger partial charge in [0.1, 0.15) is 0 Å². The van der Waals surface area contributed by atoms with E-state index in [1.165, 1.54) is 5.56 Å². The van der Waals surface area contributed by atoms with Gasteiger partial charge in [-0.15, -0.1) is 0 Å². The van der Waals surface area contributed by atoms with E-state index in [1.54, 1.807) is 29.8 Å². The van der Waals surface area contributed by atoms with Crippen LogP contribution < -0.4 is 5.32 Å². The lowest BCUT2D eigenvalue weighted by Gasteiger charge is -2.20. The van der Waals surface area contributed by atoms with Crippen LogP contribution in [-0.4, -0.2) is 28.3 Å². The zero-order valence-corrected chi connectivity index (χ0v) is 23.3. The van der Waals surface area contributed by atoms with E-state index >= 15 is 0 Å². The van der Waals surface area contributed by atoms with Crippen LogP contribution >= 0.6 is 0 Å². The Bertz CT molecular complexity index is 1590. The standard InChI is InChI=1S/C35H33N3O3/c1-3-25-15-17-28(18-16-25)33-24-32(35(40)41-4-2)37-38(33)30-21-19-29(20-22-30)34(39)36-31(27-13-9-6-10-14-27)23-26-11-7-5-8-12-26/h5-22,24,31H,3-4,23H2,1-2H3,(H,36,39)/t31-/m0/s1. The van der Waals surface area contributed by atoms with Gasteiger partial charge in [-0.3, -0.25) is 4.79 Å². The van der Waals surface area contributed by atoms with Crippen molar-refractivity contribution in [3.63, 3.8) is 0 Å². The summed E-state index contributed by atoms with van der Waals surface area (Å²) < 4.78 is 6.92. The van der Waals surface area contributed by atoms with Crippen LogP contribution in [0, 0.1) is 0 Å². The summed E-state index contributed by atoms with van der Waals surface area (Å²) in [5.74, 6) is -0.636. The minimum atomic E-state index is -0.473. The van der Waals surface area contributed by atoms with Gasteiger partial charge in [0.25, 0.3) is 5.91 Å². The number of esters is 1. The lowest BCUT2D eigenvalue weighted by Crippen LogP contribution is -2.30. The smallest absolute Gasteiger partial charge is 0.358 e. The van der Waals surface area contributed by atoms with Crippen LogP contribution in [0.2, 0.25) is 0 Å². The maximum atomic E-state index is 13.4. The van der Waals surface area contributed by atoms with Crippen molar-refractivity contribution in [1.29, 1.82) is 0 Å². The van der Waals surface area contributed by atoms with Crippen LogP contribution in [0.25, 0.3) is 16.9 Å². The average molecular weight is 544 g/mol. The first-order valence-corrected chi connectivity index (χ1v) is 13.9. The number of hydrogen-bond donors (Lipinski definition) is 1. The molecule has 0 aliphatic rings. The SMILES string of the molecule is CCOC(=O)c1cc(-c2ccc(CC)cc2)n(-c2ccc(C(=O)N[C@@H](Cc3ccccc3)c3ccccc3)cc2)n1. The van der Waals surface area contributed by atoms with Crippen molar-refractivity contribution in [1.82, 2.24) is 15.1 Å². The molecule has 1 atom stereocenters. The summed E-state index contributed by atoms with van der Waals surface area (Å²) >= 11 is 0. The second kappa shape index (κ2) is 12.9. The van der Waals surface area contributed by atoms with E-state index in [4.69, 9.17) is 4.74 Å². The van der Waals surface area contributed by atoms with Gasteiger partial charge in [0.2, 0.25) is 0 Å². The molecule has 1 aromatic heterocycles. The Hall–Kier alpha value is -4.97. The van der Waals surface area contributed by atoms with Gasteiger partial charge in [0.15, 0.2) is 5.69 Å². The zero-order chi connectivity index (χ0) is 28.6. The maximum Gasteiger partial charge on any atom is 0.358 e. The second-order valence-corrected chi connectivity index (χ2v) is 9.77. The van der Waals surface area contributed by atoms with Crippen LogP contribution in [0.15, 0.2) is 115 Å². The number of nitrogens with one attached hydrogen (secondary N) is 1. The van der Waals surface area contributed by atoms with Crippen molar-refractivity contribution >= 4 is 11.9 Å². The highest BCUT2D eigenvalue weighted by Gasteiger charge is 2.19. The first-order chi connectivity index (χ1) is 20.1. The molecule has 0 fully saturated rings. The number of ether oxygens (including phenoxy) is 1. The molecule has 0 unspecified atom stereocenters. The molecule has 0 radical (unpaired) electrons. The molecule has 1 N–H and O–H groups in total. The third kappa shape index (κ3) is 6.61. The quantitative estimate of drug-likeness (QED) is 0.193. The Kier molecular flexibility index (Phi) is 8.70. The Balaban J connectivity index is 1.41. The van der Waals surface area contributed by atoms with Crippen molar-refractivity contribution in [3.8, 4) is 16.9 Å². The molecule has 6 heteroatoms. The van der Waals surface area contributed by atoms with Crippen molar-refractivity contribution in [2.45, 2.75) is 32.7 Å². The van der Waals surface area contributed by atoms with Crippen LogP contribution in [0.1, 0.15) is 57.4 Å². The Morgan fingerprint density at radius 1 is 0.805 bits per heavy atom. The minimum absolute atomic E-state index is 0.163. The third-order valence-electron chi connectivity index (χ3n) is 7.02. The third-order valence-corrected chi connectivity index (χ3v) is 7.02. The molecule has 0 bridgehead atoms. The van der Waals surface area contributed by atoms with Gasteiger partial charge in [0.05, 0.1) is 24.0 Å². The molecule has 5 rings (SSSR count). The van der Waals surface area contributed by atoms with E-state index < -0.39 is 5.97 Å². The number of benzene rings is 4. The number of aromatic nitrogens is 2. The molecule has 0 saturated heterocycles. The fourth-order valence-electron chi connectivity index (χ4n) is 4.78. The number of aryl methyl sites for hydroxylation is 1. The van der Waals surface area contributed by atoms with Crippen molar-refractivity contribution in [3.05, 3.63) is 143 Å². The summed E-state index contributed by atoms with van der Waals surface area (Å²) in [5, 5.41) is 7.78. The molecular weight excluding hydrogens is 510 g/mol. The predicted octanol–water partition coefficient (Wildman–Crippen LogP) is 6.99. The summed E-state index contributed by atoms with van der Waals surface area (Å²) in [5.41, 5.74) is 6.61. The molecular formula is C35H33N3O3. The van der Waals surface area contributed by atoms with Crippen LogP contribution in [0.3, 0.4) is 0 Å². The van der Waals surface area contributed by atoms with Gasteiger partial charge in [-0.25, -0.2) is 9.48 Å². The summed E-state index contributed by atoms with van der Waals surface area (Å²) in [6.45, 7) is 4.15. The zero-order valence-electron chi connectivity index (χ0n) is 23.3. The number of amides is 1. The molecule has 1 amide bonds. The van der Waals surface area contributed by atoms with Gasteiger partial charge in [-0.2, -0.15) is 5.10 Å².